The van der Waals surface area contributed by atoms with Crippen molar-refractivity contribution in [1.82, 2.24) is 9.97 Å². The Hall–Kier alpha value is -2.10. The van der Waals surface area contributed by atoms with Crippen molar-refractivity contribution in [3.63, 3.8) is 0 Å². The maximum absolute atomic E-state index is 5.55. The largest absolute Gasteiger partial charge is 0.437 e. The molecule has 2 aromatic heterocycles. The van der Waals surface area contributed by atoms with E-state index in [1.807, 2.05) is 37.3 Å². The fraction of sp³-hybridized carbons (Fsp3) is 0.167. The van der Waals surface area contributed by atoms with Crippen LogP contribution in [0.2, 0.25) is 0 Å². The molecule has 16 heavy (non-hydrogen) atoms. The van der Waals surface area contributed by atoms with Crippen LogP contribution in [0.4, 0.5) is 5.82 Å². The number of nitrogens with zero attached hydrogens (tertiary/aromatic N) is 2. The Morgan fingerprint density at radius 1 is 1.25 bits per heavy atom. The third-order valence-electron chi connectivity index (χ3n) is 1.94. The summed E-state index contributed by atoms with van der Waals surface area (Å²) in [5.74, 6) is 2.05. The first-order valence-corrected chi connectivity index (χ1v) is 5.17. The molecule has 0 aromatic carbocycles. The highest BCUT2D eigenvalue weighted by atomic mass is 16.5. The van der Waals surface area contributed by atoms with E-state index in [1.165, 1.54) is 0 Å². The first-order chi connectivity index (χ1) is 7.88. The van der Waals surface area contributed by atoms with Crippen LogP contribution < -0.4 is 10.1 Å². The molecule has 0 aliphatic rings. The van der Waals surface area contributed by atoms with Gasteiger partial charge in [0, 0.05) is 18.8 Å². The zero-order chi connectivity index (χ0) is 11.2. The van der Waals surface area contributed by atoms with E-state index < -0.39 is 0 Å². The number of nitrogens with one attached hydrogen (secondary N) is 1. The van der Waals surface area contributed by atoms with Crippen molar-refractivity contribution in [1.29, 1.82) is 0 Å². The van der Waals surface area contributed by atoms with E-state index in [0.29, 0.717) is 11.6 Å². The normalized spacial score (nSPS) is 9.81. The van der Waals surface area contributed by atoms with Gasteiger partial charge in [0.1, 0.15) is 11.6 Å². The van der Waals surface area contributed by atoms with E-state index >= 15 is 0 Å². The molecule has 0 aliphatic carbocycles. The summed E-state index contributed by atoms with van der Waals surface area (Å²) < 4.78 is 5.55. The zero-order valence-electron chi connectivity index (χ0n) is 9.05. The van der Waals surface area contributed by atoms with Crippen molar-refractivity contribution in [3.8, 4) is 11.6 Å². The van der Waals surface area contributed by atoms with Gasteiger partial charge in [-0.15, -0.1) is 0 Å². The van der Waals surface area contributed by atoms with E-state index in [0.717, 1.165) is 12.4 Å². The lowest BCUT2D eigenvalue weighted by Gasteiger charge is -2.06. The molecule has 1 N–H and O–H groups in total. The quantitative estimate of drug-likeness (QED) is 0.851. The lowest BCUT2D eigenvalue weighted by molar-refractivity contribution is 0.461. The molecule has 0 spiro atoms. The van der Waals surface area contributed by atoms with E-state index in [9.17, 15) is 0 Å². The van der Waals surface area contributed by atoms with Gasteiger partial charge in [-0.25, -0.2) is 0 Å². The van der Waals surface area contributed by atoms with Gasteiger partial charge in [-0.1, -0.05) is 6.07 Å². The van der Waals surface area contributed by atoms with Crippen molar-refractivity contribution in [3.05, 3.63) is 42.7 Å². The lowest BCUT2D eigenvalue weighted by Crippen LogP contribution is -1.99. The number of hydrogen-bond donors (Lipinski definition) is 1. The molecule has 0 bridgehead atoms. The molecule has 0 aliphatic heterocycles. The summed E-state index contributed by atoms with van der Waals surface area (Å²) in [6.07, 6.45) is 3.36. The summed E-state index contributed by atoms with van der Waals surface area (Å²) >= 11 is 0. The second-order valence-corrected chi connectivity index (χ2v) is 3.18. The second-order valence-electron chi connectivity index (χ2n) is 3.18. The van der Waals surface area contributed by atoms with Gasteiger partial charge in [-0.05, 0) is 25.1 Å². The number of aromatic nitrogens is 2. The Kier molecular flexibility index (Phi) is 3.33. The molecule has 2 aromatic rings. The topological polar surface area (TPSA) is 47.0 Å². The molecular formula is C12H13N3O. The minimum absolute atomic E-state index is 0.562. The summed E-state index contributed by atoms with van der Waals surface area (Å²) in [7, 11) is 0. The number of pyridine rings is 2. The van der Waals surface area contributed by atoms with Gasteiger partial charge in [-0.3, -0.25) is 4.98 Å². The third-order valence-corrected chi connectivity index (χ3v) is 1.94. The molecule has 2 heterocycles. The van der Waals surface area contributed by atoms with E-state index in [-0.39, 0.29) is 0 Å². The molecule has 0 amide bonds. The average molecular weight is 215 g/mol. The minimum Gasteiger partial charge on any atom is -0.437 e. The first-order valence-electron chi connectivity index (χ1n) is 5.17. The van der Waals surface area contributed by atoms with Crippen LogP contribution in [0, 0.1) is 0 Å². The Balaban J connectivity index is 2.12. The van der Waals surface area contributed by atoms with Crippen LogP contribution in [-0.4, -0.2) is 16.5 Å². The summed E-state index contributed by atoms with van der Waals surface area (Å²) in [4.78, 5) is 8.27. The number of rotatable bonds is 4. The molecule has 4 heteroatoms. The highest BCUT2D eigenvalue weighted by Gasteiger charge is 1.99. The Labute approximate surface area is 94.3 Å². The van der Waals surface area contributed by atoms with Crippen molar-refractivity contribution in [2.24, 2.45) is 0 Å². The number of anilines is 1. The predicted octanol–water partition coefficient (Wildman–Crippen LogP) is 2.70. The van der Waals surface area contributed by atoms with Crippen LogP contribution in [0.1, 0.15) is 6.92 Å². The van der Waals surface area contributed by atoms with Crippen LogP contribution in [-0.2, 0) is 0 Å². The summed E-state index contributed by atoms with van der Waals surface area (Å²) in [5.41, 5.74) is 0. The molecule has 0 atom stereocenters. The standard InChI is InChI=1S/C12H13N3O/c1-2-14-11-6-3-7-12(15-11)16-10-5-4-8-13-9-10/h3-9H,2H2,1H3,(H,14,15). The summed E-state index contributed by atoms with van der Waals surface area (Å²) in [5, 5.41) is 3.13. The smallest absolute Gasteiger partial charge is 0.221 e. The number of hydrogen-bond acceptors (Lipinski definition) is 4. The van der Waals surface area contributed by atoms with Crippen molar-refractivity contribution in [2.75, 3.05) is 11.9 Å². The first kappa shape index (κ1) is 10.4. The summed E-state index contributed by atoms with van der Waals surface area (Å²) in [6, 6.07) is 9.28. The van der Waals surface area contributed by atoms with Crippen LogP contribution in [0.25, 0.3) is 0 Å². The fourth-order valence-corrected chi connectivity index (χ4v) is 1.28. The van der Waals surface area contributed by atoms with Crippen LogP contribution >= 0.6 is 0 Å². The lowest BCUT2D eigenvalue weighted by atomic mass is 10.4. The second kappa shape index (κ2) is 5.11. The fourth-order valence-electron chi connectivity index (χ4n) is 1.28. The van der Waals surface area contributed by atoms with E-state index in [1.54, 1.807) is 12.4 Å². The van der Waals surface area contributed by atoms with Gasteiger partial charge in [-0.2, -0.15) is 4.98 Å². The molecule has 0 fully saturated rings. The Morgan fingerprint density at radius 2 is 2.19 bits per heavy atom. The van der Waals surface area contributed by atoms with Gasteiger partial charge in [0.05, 0.1) is 6.20 Å². The third kappa shape index (κ3) is 2.70. The number of ether oxygens (including phenoxy) is 1. The Bertz CT molecular complexity index is 445. The summed E-state index contributed by atoms with van der Waals surface area (Å²) in [6.45, 7) is 2.86. The maximum Gasteiger partial charge on any atom is 0.221 e. The molecular weight excluding hydrogens is 202 g/mol. The highest BCUT2D eigenvalue weighted by Crippen LogP contribution is 2.19. The minimum atomic E-state index is 0.562. The van der Waals surface area contributed by atoms with Crippen molar-refractivity contribution >= 4 is 5.82 Å². The van der Waals surface area contributed by atoms with Crippen molar-refractivity contribution in [2.45, 2.75) is 6.92 Å². The molecule has 82 valence electrons. The van der Waals surface area contributed by atoms with Gasteiger partial charge in [0.25, 0.3) is 0 Å². The van der Waals surface area contributed by atoms with Gasteiger partial charge < -0.3 is 10.1 Å². The van der Waals surface area contributed by atoms with E-state index in [2.05, 4.69) is 15.3 Å². The maximum atomic E-state index is 5.55. The van der Waals surface area contributed by atoms with Gasteiger partial charge in [0.2, 0.25) is 5.88 Å². The molecule has 0 radical (unpaired) electrons. The average Bonchev–Trinajstić information content (AvgIpc) is 2.31. The van der Waals surface area contributed by atoms with Crippen molar-refractivity contribution < 1.29 is 4.74 Å². The van der Waals surface area contributed by atoms with Crippen LogP contribution in [0.5, 0.6) is 11.6 Å². The molecule has 0 saturated carbocycles. The van der Waals surface area contributed by atoms with E-state index in [4.69, 9.17) is 4.74 Å². The predicted molar refractivity (Wildman–Crippen MR) is 62.7 cm³/mol. The highest BCUT2D eigenvalue weighted by molar-refractivity contribution is 5.37. The van der Waals surface area contributed by atoms with Gasteiger partial charge in [0.15, 0.2) is 0 Å². The Morgan fingerprint density at radius 3 is 2.94 bits per heavy atom. The molecule has 4 nitrogen and oxygen atoms in total. The van der Waals surface area contributed by atoms with Gasteiger partial charge >= 0.3 is 0 Å². The molecule has 0 unspecified atom stereocenters. The zero-order valence-corrected chi connectivity index (χ0v) is 9.05. The molecule has 2 rings (SSSR count). The van der Waals surface area contributed by atoms with Crippen LogP contribution in [0.3, 0.4) is 0 Å². The van der Waals surface area contributed by atoms with Crippen LogP contribution in [0.15, 0.2) is 42.7 Å². The SMILES string of the molecule is CCNc1cccc(Oc2cccnc2)n1. The monoisotopic (exact) mass is 215 g/mol. The molecule has 0 saturated heterocycles.